The van der Waals surface area contributed by atoms with E-state index in [-0.39, 0.29) is 12.1 Å². The van der Waals surface area contributed by atoms with E-state index >= 15 is 0 Å². The van der Waals surface area contributed by atoms with Crippen LogP contribution in [-0.2, 0) is 6.54 Å². The lowest BCUT2D eigenvalue weighted by atomic mass is 10.1. The van der Waals surface area contributed by atoms with E-state index in [1.165, 1.54) is 18.2 Å². The Bertz CT molecular complexity index is 559. The van der Waals surface area contributed by atoms with Gasteiger partial charge in [0.05, 0.1) is 18.3 Å². The minimum atomic E-state index is -1.09. The quantitative estimate of drug-likeness (QED) is 0.659. The van der Waals surface area contributed by atoms with E-state index in [9.17, 15) is 14.3 Å². The first-order chi connectivity index (χ1) is 9.66. The summed E-state index contributed by atoms with van der Waals surface area (Å²) in [5.41, 5.74) is 0.913. The SMILES string of the molecule is O=C(NCc1ccn[nH]1)NC[C@@H](O)c1ccccc1F. The van der Waals surface area contributed by atoms with E-state index in [0.29, 0.717) is 6.54 Å². The minimum Gasteiger partial charge on any atom is -0.386 e. The van der Waals surface area contributed by atoms with Crippen LogP contribution in [-0.4, -0.2) is 27.9 Å². The number of aliphatic hydroxyl groups is 1. The molecule has 1 aromatic carbocycles. The molecule has 0 bridgehead atoms. The van der Waals surface area contributed by atoms with Gasteiger partial charge in [-0.05, 0) is 12.1 Å². The number of carbonyl (C=O) groups is 1. The van der Waals surface area contributed by atoms with Crippen LogP contribution in [0, 0.1) is 5.82 Å². The van der Waals surface area contributed by atoms with Gasteiger partial charge in [-0.25, -0.2) is 9.18 Å². The van der Waals surface area contributed by atoms with Gasteiger partial charge in [0.15, 0.2) is 0 Å². The number of benzene rings is 1. The zero-order chi connectivity index (χ0) is 14.4. The standard InChI is InChI=1S/C13H15FN4O2/c14-11-4-2-1-3-10(11)12(19)8-16-13(20)15-7-9-5-6-17-18-9/h1-6,12,19H,7-8H2,(H,17,18)(H2,15,16,20)/t12-/m1/s1. The van der Waals surface area contributed by atoms with Crippen LogP contribution in [0.15, 0.2) is 36.5 Å². The lowest BCUT2D eigenvalue weighted by molar-refractivity contribution is 0.169. The molecule has 2 aromatic rings. The van der Waals surface area contributed by atoms with Crippen LogP contribution in [0.1, 0.15) is 17.4 Å². The number of aliphatic hydroxyl groups excluding tert-OH is 1. The third-order valence-electron chi connectivity index (χ3n) is 2.72. The number of aromatic amines is 1. The summed E-state index contributed by atoms with van der Waals surface area (Å²) >= 11 is 0. The van der Waals surface area contributed by atoms with Gasteiger partial charge in [-0.1, -0.05) is 18.2 Å². The maximum Gasteiger partial charge on any atom is 0.315 e. The van der Waals surface area contributed by atoms with Crippen LogP contribution >= 0.6 is 0 Å². The van der Waals surface area contributed by atoms with Crippen molar-refractivity contribution in [3.05, 3.63) is 53.6 Å². The number of hydrogen-bond acceptors (Lipinski definition) is 3. The second-order valence-corrected chi connectivity index (χ2v) is 4.18. The molecule has 6 nitrogen and oxygen atoms in total. The Balaban J connectivity index is 1.77. The van der Waals surface area contributed by atoms with Crippen LogP contribution in [0.5, 0.6) is 0 Å². The topological polar surface area (TPSA) is 90.0 Å². The Labute approximate surface area is 115 Å². The number of aromatic nitrogens is 2. The van der Waals surface area contributed by atoms with Crippen molar-refractivity contribution in [1.29, 1.82) is 0 Å². The molecular weight excluding hydrogens is 263 g/mol. The highest BCUT2D eigenvalue weighted by Crippen LogP contribution is 2.15. The first-order valence-electron chi connectivity index (χ1n) is 6.09. The summed E-state index contributed by atoms with van der Waals surface area (Å²) in [6.45, 7) is 0.220. The van der Waals surface area contributed by atoms with Gasteiger partial charge in [0.1, 0.15) is 5.82 Å². The molecule has 0 unspecified atom stereocenters. The Morgan fingerprint density at radius 3 is 2.85 bits per heavy atom. The fourth-order valence-corrected chi connectivity index (χ4v) is 1.67. The minimum absolute atomic E-state index is 0.0737. The number of amides is 2. The number of rotatable bonds is 5. The third-order valence-corrected chi connectivity index (χ3v) is 2.72. The molecule has 106 valence electrons. The van der Waals surface area contributed by atoms with Crippen LogP contribution in [0.4, 0.5) is 9.18 Å². The Morgan fingerprint density at radius 2 is 2.15 bits per heavy atom. The highest BCUT2D eigenvalue weighted by Gasteiger charge is 2.13. The molecule has 2 rings (SSSR count). The normalized spacial score (nSPS) is 11.9. The molecule has 0 aliphatic carbocycles. The van der Waals surface area contributed by atoms with Gasteiger partial charge < -0.3 is 15.7 Å². The molecule has 0 fully saturated rings. The van der Waals surface area contributed by atoms with Crippen LogP contribution in [0.3, 0.4) is 0 Å². The van der Waals surface area contributed by atoms with Crippen LogP contribution in [0.2, 0.25) is 0 Å². The highest BCUT2D eigenvalue weighted by atomic mass is 19.1. The molecule has 0 saturated carbocycles. The molecule has 2 amide bonds. The van der Waals surface area contributed by atoms with E-state index < -0.39 is 18.0 Å². The molecule has 0 aliphatic rings. The largest absolute Gasteiger partial charge is 0.386 e. The van der Waals surface area contributed by atoms with Gasteiger partial charge in [0.2, 0.25) is 0 Å². The molecule has 1 atom stereocenters. The number of halogens is 1. The second kappa shape index (κ2) is 6.67. The number of carbonyl (C=O) groups excluding carboxylic acids is 1. The van der Waals surface area contributed by atoms with Gasteiger partial charge >= 0.3 is 6.03 Å². The van der Waals surface area contributed by atoms with Crippen molar-refractivity contribution in [2.75, 3.05) is 6.54 Å². The summed E-state index contributed by atoms with van der Waals surface area (Å²) in [7, 11) is 0. The lowest BCUT2D eigenvalue weighted by Crippen LogP contribution is -2.37. The molecule has 0 spiro atoms. The highest BCUT2D eigenvalue weighted by molar-refractivity contribution is 5.73. The summed E-state index contributed by atoms with van der Waals surface area (Å²) in [6, 6.07) is 7.18. The number of H-pyrrole nitrogens is 1. The predicted molar refractivity (Wildman–Crippen MR) is 70.2 cm³/mol. The van der Waals surface area contributed by atoms with Gasteiger partial charge in [0.25, 0.3) is 0 Å². The molecular formula is C13H15FN4O2. The monoisotopic (exact) mass is 278 g/mol. The number of urea groups is 1. The number of nitrogens with zero attached hydrogens (tertiary/aromatic N) is 1. The second-order valence-electron chi connectivity index (χ2n) is 4.18. The zero-order valence-electron chi connectivity index (χ0n) is 10.6. The fraction of sp³-hybridized carbons (Fsp3) is 0.231. The molecule has 0 aliphatic heterocycles. The third kappa shape index (κ3) is 3.79. The van der Waals surface area contributed by atoms with E-state index in [1.54, 1.807) is 18.3 Å². The van der Waals surface area contributed by atoms with Crippen LogP contribution in [0.25, 0.3) is 0 Å². The molecule has 0 saturated heterocycles. The molecule has 20 heavy (non-hydrogen) atoms. The smallest absolute Gasteiger partial charge is 0.315 e. The van der Waals surface area contributed by atoms with Gasteiger partial charge in [-0.15, -0.1) is 0 Å². The first kappa shape index (κ1) is 14.0. The van der Waals surface area contributed by atoms with Gasteiger partial charge in [-0.2, -0.15) is 5.10 Å². The Hall–Kier alpha value is -2.41. The van der Waals surface area contributed by atoms with E-state index in [2.05, 4.69) is 20.8 Å². The van der Waals surface area contributed by atoms with E-state index in [4.69, 9.17) is 0 Å². The summed E-state index contributed by atoms with van der Waals surface area (Å²) in [5.74, 6) is -0.500. The molecule has 7 heteroatoms. The maximum atomic E-state index is 13.4. The van der Waals surface area contributed by atoms with Crippen molar-refractivity contribution in [2.24, 2.45) is 0 Å². The van der Waals surface area contributed by atoms with Crippen molar-refractivity contribution in [2.45, 2.75) is 12.6 Å². The van der Waals surface area contributed by atoms with Gasteiger partial charge in [-0.3, -0.25) is 5.10 Å². The molecule has 1 heterocycles. The molecule has 0 radical (unpaired) electrons. The fourth-order valence-electron chi connectivity index (χ4n) is 1.67. The lowest BCUT2D eigenvalue weighted by Gasteiger charge is -2.13. The van der Waals surface area contributed by atoms with Crippen LogP contribution < -0.4 is 10.6 Å². The average molecular weight is 278 g/mol. The Kier molecular flexibility index (Phi) is 4.67. The van der Waals surface area contributed by atoms with E-state index in [0.717, 1.165) is 5.69 Å². The first-order valence-corrected chi connectivity index (χ1v) is 6.09. The molecule has 4 N–H and O–H groups in total. The van der Waals surface area contributed by atoms with Crippen molar-refractivity contribution in [1.82, 2.24) is 20.8 Å². The molecule has 1 aromatic heterocycles. The predicted octanol–water partition coefficient (Wildman–Crippen LogP) is 1.08. The average Bonchev–Trinajstić information content (AvgIpc) is 2.96. The maximum absolute atomic E-state index is 13.4. The summed E-state index contributed by atoms with van der Waals surface area (Å²) in [6.07, 6.45) is 0.491. The summed E-state index contributed by atoms with van der Waals surface area (Å²) in [4.78, 5) is 11.5. The van der Waals surface area contributed by atoms with Crippen molar-refractivity contribution in [3.8, 4) is 0 Å². The van der Waals surface area contributed by atoms with Crippen molar-refractivity contribution >= 4 is 6.03 Å². The van der Waals surface area contributed by atoms with Crippen molar-refractivity contribution in [3.63, 3.8) is 0 Å². The Morgan fingerprint density at radius 1 is 1.35 bits per heavy atom. The van der Waals surface area contributed by atoms with Crippen molar-refractivity contribution < 1.29 is 14.3 Å². The number of hydrogen-bond donors (Lipinski definition) is 4. The summed E-state index contributed by atoms with van der Waals surface area (Å²) in [5, 5.41) is 21.3. The summed E-state index contributed by atoms with van der Waals surface area (Å²) < 4.78 is 13.4. The van der Waals surface area contributed by atoms with E-state index in [1.807, 2.05) is 0 Å². The van der Waals surface area contributed by atoms with Gasteiger partial charge in [0, 0.05) is 18.3 Å². The zero-order valence-corrected chi connectivity index (χ0v) is 10.6. The number of nitrogens with one attached hydrogen (secondary N) is 3.